The first kappa shape index (κ1) is 22.3. The van der Waals surface area contributed by atoms with Gasteiger partial charge >= 0.3 is 0 Å². The van der Waals surface area contributed by atoms with Crippen LogP contribution in [-0.4, -0.2) is 53.2 Å². The van der Waals surface area contributed by atoms with E-state index in [1.54, 1.807) is 13.8 Å². The summed E-state index contributed by atoms with van der Waals surface area (Å²) in [5.41, 5.74) is 0.373. The van der Waals surface area contributed by atoms with E-state index in [9.17, 15) is 9.59 Å². The molecule has 2 bridgehead atoms. The molecular formula is C23H36N4O4. The van der Waals surface area contributed by atoms with Crippen molar-refractivity contribution in [2.24, 2.45) is 17.8 Å². The van der Waals surface area contributed by atoms with Gasteiger partial charge in [0.25, 0.3) is 5.91 Å². The second-order valence-corrected chi connectivity index (χ2v) is 10.2. The molecule has 1 aromatic rings. The van der Waals surface area contributed by atoms with Crippen LogP contribution in [0.4, 0.5) is 0 Å². The van der Waals surface area contributed by atoms with Gasteiger partial charge in [-0.05, 0) is 65.2 Å². The molecule has 4 rings (SSSR count). The van der Waals surface area contributed by atoms with Gasteiger partial charge in [0.15, 0.2) is 6.39 Å². The van der Waals surface area contributed by atoms with Gasteiger partial charge in [-0.15, -0.1) is 0 Å². The number of fused-ring (bicyclic) bond motifs is 4. The molecule has 1 aliphatic carbocycles. The van der Waals surface area contributed by atoms with E-state index in [0.29, 0.717) is 43.1 Å². The van der Waals surface area contributed by atoms with Crippen LogP contribution >= 0.6 is 0 Å². The normalized spacial score (nSPS) is 36.4. The van der Waals surface area contributed by atoms with Crippen LogP contribution in [0.25, 0.3) is 0 Å². The van der Waals surface area contributed by atoms with Gasteiger partial charge in [-0.1, -0.05) is 0 Å². The fraction of sp³-hybridized carbons (Fsp3) is 0.783. The molecule has 0 radical (unpaired) electrons. The number of amides is 2. The highest BCUT2D eigenvalue weighted by Gasteiger charge is 2.60. The van der Waals surface area contributed by atoms with E-state index in [4.69, 9.17) is 9.15 Å². The fourth-order valence-corrected chi connectivity index (χ4v) is 6.59. The number of ether oxygens (including phenoxy) is 1. The standard InChI is InChI=1S/C23H36N4O4/c1-13-17-10-16(22(4,5)26-13)11-18-19(30-9-7-23(17,18)27-15(3)28)6-8-24-21(29)20-14(2)25-12-31-20/h12-13,16-19,26H,6-11H2,1-5H3,(H,24,29)(H,27,28)/t13-,16?,17?,18+,19+,23+/m1/s1. The van der Waals surface area contributed by atoms with Gasteiger partial charge < -0.3 is 25.1 Å². The van der Waals surface area contributed by atoms with Crippen molar-refractivity contribution in [2.75, 3.05) is 13.2 Å². The number of aromatic nitrogens is 1. The second kappa shape index (κ2) is 8.20. The molecule has 2 saturated heterocycles. The molecule has 2 amide bonds. The molecule has 1 saturated carbocycles. The van der Waals surface area contributed by atoms with Gasteiger partial charge in [0.05, 0.1) is 17.3 Å². The Balaban J connectivity index is 1.52. The number of carbonyl (C=O) groups excluding carboxylic acids is 2. The molecule has 31 heavy (non-hydrogen) atoms. The predicted molar refractivity (Wildman–Crippen MR) is 115 cm³/mol. The lowest BCUT2D eigenvalue weighted by Gasteiger charge is -2.63. The molecule has 2 aliphatic heterocycles. The van der Waals surface area contributed by atoms with Gasteiger partial charge in [-0.25, -0.2) is 4.98 Å². The summed E-state index contributed by atoms with van der Waals surface area (Å²) >= 11 is 0. The third kappa shape index (κ3) is 4.00. The summed E-state index contributed by atoms with van der Waals surface area (Å²) in [6, 6.07) is 0.314. The number of nitrogens with zero attached hydrogens (tertiary/aromatic N) is 1. The Morgan fingerprint density at radius 3 is 2.71 bits per heavy atom. The van der Waals surface area contributed by atoms with E-state index in [1.165, 1.54) is 6.39 Å². The first-order valence-corrected chi connectivity index (χ1v) is 11.5. The van der Waals surface area contributed by atoms with Gasteiger partial charge in [0.1, 0.15) is 0 Å². The number of carbonyl (C=O) groups is 2. The maximum Gasteiger partial charge on any atom is 0.288 e. The number of rotatable bonds is 5. The first-order valence-electron chi connectivity index (χ1n) is 11.5. The molecule has 0 aromatic carbocycles. The first-order chi connectivity index (χ1) is 14.6. The Kier molecular flexibility index (Phi) is 5.89. The highest BCUT2D eigenvalue weighted by Crippen LogP contribution is 2.54. The van der Waals surface area contributed by atoms with Crippen LogP contribution in [0.2, 0.25) is 0 Å². The summed E-state index contributed by atoms with van der Waals surface area (Å²) in [5, 5.41) is 10.2. The van der Waals surface area contributed by atoms with Crippen molar-refractivity contribution in [3.05, 3.63) is 17.8 Å². The molecule has 3 fully saturated rings. The fourth-order valence-electron chi connectivity index (χ4n) is 6.59. The maximum atomic E-state index is 12.4. The molecule has 3 heterocycles. The van der Waals surface area contributed by atoms with Gasteiger partial charge in [-0.2, -0.15) is 0 Å². The molecule has 3 aliphatic rings. The lowest BCUT2D eigenvalue weighted by molar-refractivity contribution is -0.159. The van der Waals surface area contributed by atoms with Gasteiger partial charge in [-0.3, -0.25) is 9.59 Å². The lowest BCUT2D eigenvalue weighted by Crippen LogP contribution is -2.75. The van der Waals surface area contributed by atoms with Crippen molar-refractivity contribution in [3.8, 4) is 0 Å². The van der Waals surface area contributed by atoms with Crippen LogP contribution in [0.5, 0.6) is 0 Å². The van der Waals surface area contributed by atoms with E-state index in [0.717, 1.165) is 19.3 Å². The molecule has 1 aromatic heterocycles. The van der Waals surface area contributed by atoms with Crippen molar-refractivity contribution < 1.29 is 18.7 Å². The van der Waals surface area contributed by atoms with Gasteiger partial charge in [0.2, 0.25) is 11.7 Å². The van der Waals surface area contributed by atoms with Crippen molar-refractivity contribution in [3.63, 3.8) is 0 Å². The monoisotopic (exact) mass is 432 g/mol. The molecular weight excluding hydrogens is 396 g/mol. The number of nitrogens with one attached hydrogen (secondary N) is 3. The highest BCUT2D eigenvalue weighted by molar-refractivity contribution is 5.92. The van der Waals surface area contributed by atoms with Crippen molar-refractivity contribution in [1.82, 2.24) is 20.9 Å². The second-order valence-electron chi connectivity index (χ2n) is 10.2. The third-order valence-corrected chi connectivity index (χ3v) is 8.00. The topological polar surface area (TPSA) is 105 Å². The van der Waals surface area contributed by atoms with Crippen LogP contribution in [-0.2, 0) is 9.53 Å². The number of hydrogen-bond donors (Lipinski definition) is 3. The summed E-state index contributed by atoms with van der Waals surface area (Å²) in [5.74, 6) is 1.14. The summed E-state index contributed by atoms with van der Waals surface area (Å²) in [6.45, 7) is 11.3. The van der Waals surface area contributed by atoms with E-state index < -0.39 is 0 Å². The van der Waals surface area contributed by atoms with Crippen LogP contribution in [0.3, 0.4) is 0 Å². The Morgan fingerprint density at radius 2 is 2.03 bits per heavy atom. The molecule has 8 nitrogen and oxygen atoms in total. The zero-order valence-corrected chi connectivity index (χ0v) is 19.3. The Morgan fingerprint density at radius 1 is 1.29 bits per heavy atom. The predicted octanol–water partition coefficient (Wildman–Crippen LogP) is 2.18. The van der Waals surface area contributed by atoms with Crippen LogP contribution in [0.1, 0.15) is 69.6 Å². The zero-order valence-electron chi connectivity index (χ0n) is 19.3. The molecule has 8 heteroatoms. The summed E-state index contributed by atoms with van der Waals surface area (Å²) in [4.78, 5) is 28.7. The summed E-state index contributed by atoms with van der Waals surface area (Å²) in [6.07, 6.45) is 4.93. The minimum atomic E-state index is -0.264. The van der Waals surface area contributed by atoms with Crippen LogP contribution in [0.15, 0.2) is 10.8 Å². The Hall–Kier alpha value is -1.93. The average molecular weight is 433 g/mol. The van der Waals surface area contributed by atoms with Gasteiger partial charge in [0, 0.05) is 37.6 Å². The molecule has 2 unspecified atom stereocenters. The number of oxazole rings is 1. The van der Waals surface area contributed by atoms with Crippen LogP contribution < -0.4 is 16.0 Å². The van der Waals surface area contributed by atoms with Crippen molar-refractivity contribution in [2.45, 2.75) is 83.5 Å². The van der Waals surface area contributed by atoms with E-state index in [-0.39, 0.29) is 40.7 Å². The highest BCUT2D eigenvalue weighted by atomic mass is 16.5. The van der Waals surface area contributed by atoms with E-state index >= 15 is 0 Å². The Labute approximate surface area is 184 Å². The molecule has 6 atom stereocenters. The SMILES string of the molecule is CC(=O)N[C@]12CCO[C@@H](CCNC(=O)c3ocnc3C)[C@@H]1CC1CC2[C@@H](C)NC1(C)C. The quantitative estimate of drug-likeness (QED) is 0.659. The van der Waals surface area contributed by atoms with Crippen molar-refractivity contribution in [1.29, 1.82) is 0 Å². The maximum absolute atomic E-state index is 12.4. The molecule has 3 N–H and O–H groups in total. The van der Waals surface area contributed by atoms with Crippen LogP contribution in [0, 0.1) is 24.7 Å². The minimum Gasteiger partial charge on any atom is -0.438 e. The summed E-state index contributed by atoms with van der Waals surface area (Å²) < 4.78 is 11.5. The minimum absolute atomic E-state index is 0.0110. The number of piperidine rings is 1. The number of aryl methyl sites for hydroxylation is 1. The van der Waals surface area contributed by atoms with Crippen molar-refractivity contribution >= 4 is 11.8 Å². The smallest absolute Gasteiger partial charge is 0.288 e. The summed E-state index contributed by atoms with van der Waals surface area (Å²) in [7, 11) is 0. The lowest BCUT2D eigenvalue weighted by atomic mass is 9.52. The van der Waals surface area contributed by atoms with E-state index in [1.807, 2.05) is 0 Å². The third-order valence-electron chi connectivity index (χ3n) is 8.00. The molecule has 0 spiro atoms. The zero-order chi connectivity index (χ0) is 22.4. The van der Waals surface area contributed by atoms with E-state index in [2.05, 4.69) is 41.7 Å². The largest absolute Gasteiger partial charge is 0.438 e. The number of hydrogen-bond acceptors (Lipinski definition) is 6. The Bertz CT molecular complexity index is 837. The average Bonchev–Trinajstić information content (AvgIpc) is 3.11. The molecule has 172 valence electrons.